The van der Waals surface area contributed by atoms with Gasteiger partial charge in [-0.1, -0.05) is 39.8 Å². The SMILES string of the molecule is CC(C)[C@H](C)NC(=O)COC(=O)[C@H](C(C)C)N1C(=O)c2ccccc2C1=O. The summed E-state index contributed by atoms with van der Waals surface area (Å²) in [5.41, 5.74) is 0.536. The Balaban J connectivity index is 2.10. The van der Waals surface area contributed by atoms with Crippen molar-refractivity contribution in [1.29, 1.82) is 0 Å². The summed E-state index contributed by atoms with van der Waals surface area (Å²) in [6.07, 6.45) is 0. The average molecular weight is 374 g/mol. The molecule has 146 valence electrons. The van der Waals surface area contributed by atoms with Crippen molar-refractivity contribution in [2.24, 2.45) is 11.8 Å². The maximum Gasteiger partial charge on any atom is 0.330 e. The summed E-state index contributed by atoms with van der Waals surface area (Å²) in [5, 5.41) is 2.74. The normalized spacial score (nSPS) is 15.7. The van der Waals surface area contributed by atoms with Gasteiger partial charge >= 0.3 is 5.97 Å². The molecule has 0 bridgehead atoms. The van der Waals surface area contributed by atoms with Crippen LogP contribution in [0.4, 0.5) is 0 Å². The fourth-order valence-corrected chi connectivity index (χ4v) is 2.82. The lowest BCUT2D eigenvalue weighted by molar-refractivity contribution is -0.153. The van der Waals surface area contributed by atoms with Crippen molar-refractivity contribution in [1.82, 2.24) is 10.2 Å². The highest BCUT2D eigenvalue weighted by Crippen LogP contribution is 2.27. The van der Waals surface area contributed by atoms with Crippen molar-refractivity contribution >= 4 is 23.7 Å². The molecule has 7 heteroatoms. The topological polar surface area (TPSA) is 92.8 Å². The first-order chi connectivity index (χ1) is 12.6. The molecule has 0 unspecified atom stereocenters. The van der Waals surface area contributed by atoms with Gasteiger partial charge in [-0.25, -0.2) is 4.79 Å². The fraction of sp³-hybridized carbons (Fsp3) is 0.500. The van der Waals surface area contributed by atoms with Gasteiger partial charge in [0.1, 0.15) is 6.04 Å². The van der Waals surface area contributed by atoms with Crippen LogP contribution < -0.4 is 5.32 Å². The third-order valence-corrected chi connectivity index (χ3v) is 4.71. The smallest absolute Gasteiger partial charge is 0.330 e. The molecule has 1 aromatic carbocycles. The zero-order valence-electron chi connectivity index (χ0n) is 16.3. The third-order valence-electron chi connectivity index (χ3n) is 4.71. The number of nitrogens with zero attached hydrogens (tertiary/aromatic N) is 1. The number of imide groups is 1. The third kappa shape index (κ3) is 4.35. The number of rotatable bonds is 7. The molecular weight excluding hydrogens is 348 g/mol. The van der Waals surface area contributed by atoms with E-state index in [0.29, 0.717) is 0 Å². The second-order valence-electron chi connectivity index (χ2n) is 7.42. The molecule has 0 saturated heterocycles. The highest BCUT2D eigenvalue weighted by atomic mass is 16.5. The molecular formula is C20H26N2O5. The Morgan fingerprint density at radius 1 is 0.963 bits per heavy atom. The molecule has 0 aromatic heterocycles. The van der Waals surface area contributed by atoms with Crippen LogP contribution in [0.3, 0.4) is 0 Å². The minimum atomic E-state index is -1.09. The van der Waals surface area contributed by atoms with Gasteiger partial charge in [0, 0.05) is 6.04 Å². The minimum absolute atomic E-state index is 0.0617. The number of hydrogen-bond acceptors (Lipinski definition) is 5. The van der Waals surface area contributed by atoms with Crippen molar-refractivity contribution in [3.05, 3.63) is 35.4 Å². The lowest BCUT2D eigenvalue weighted by Crippen LogP contribution is -2.49. The summed E-state index contributed by atoms with van der Waals surface area (Å²) in [7, 11) is 0. The minimum Gasteiger partial charge on any atom is -0.454 e. The second kappa shape index (κ2) is 8.33. The van der Waals surface area contributed by atoms with Crippen LogP contribution in [0.2, 0.25) is 0 Å². The Morgan fingerprint density at radius 3 is 1.93 bits per heavy atom. The first-order valence-electron chi connectivity index (χ1n) is 9.08. The van der Waals surface area contributed by atoms with E-state index in [0.717, 1.165) is 4.90 Å². The Bertz CT molecular complexity index is 721. The molecule has 2 atom stereocenters. The maximum atomic E-state index is 12.6. The number of carbonyl (C=O) groups excluding carboxylic acids is 4. The molecule has 1 aromatic rings. The van der Waals surface area contributed by atoms with E-state index in [1.807, 2.05) is 20.8 Å². The molecule has 1 N–H and O–H groups in total. The zero-order valence-corrected chi connectivity index (χ0v) is 16.3. The quantitative estimate of drug-likeness (QED) is 0.582. The van der Waals surface area contributed by atoms with Crippen molar-refractivity contribution in [2.75, 3.05) is 6.61 Å². The summed E-state index contributed by atoms with van der Waals surface area (Å²) in [4.78, 5) is 50.7. The van der Waals surface area contributed by atoms with Gasteiger partial charge in [-0.2, -0.15) is 0 Å². The van der Waals surface area contributed by atoms with Crippen molar-refractivity contribution in [3.63, 3.8) is 0 Å². The maximum absolute atomic E-state index is 12.6. The van der Waals surface area contributed by atoms with Crippen LogP contribution in [0.25, 0.3) is 0 Å². The first-order valence-corrected chi connectivity index (χ1v) is 9.08. The molecule has 0 fully saturated rings. The lowest BCUT2D eigenvalue weighted by Gasteiger charge is -2.27. The van der Waals surface area contributed by atoms with Gasteiger partial charge in [0.15, 0.2) is 6.61 Å². The number of fused-ring (bicyclic) bond motifs is 1. The molecule has 0 aliphatic carbocycles. The summed E-state index contributed by atoms with van der Waals surface area (Å²) in [6.45, 7) is 8.77. The number of ether oxygens (including phenoxy) is 1. The van der Waals surface area contributed by atoms with E-state index in [9.17, 15) is 19.2 Å². The van der Waals surface area contributed by atoms with Gasteiger partial charge in [-0.15, -0.1) is 0 Å². The van der Waals surface area contributed by atoms with Crippen LogP contribution in [0.1, 0.15) is 55.3 Å². The molecule has 7 nitrogen and oxygen atoms in total. The van der Waals surface area contributed by atoms with Gasteiger partial charge in [0.2, 0.25) is 0 Å². The summed E-state index contributed by atoms with van der Waals surface area (Å²) in [5.74, 6) is -2.36. The van der Waals surface area contributed by atoms with E-state index in [4.69, 9.17) is 4.74 Å². The summed E-state index contributed by atoms with van der Waals surface area (Å²) < 4.78 is 5.12. The van der Waals surface area contributed by atoms with Crippen LogP contribution in [0.5, 0.6) is 0 Å². The Hall–Kier alpha value is -2.70. The largest absolute Gasteiger partial charge is 0.454 e. The van der Waals surface area contributed by atoms with Crippen LogP contribution >= 0.6 is 0 Å². The number of benzene rings is 1. The molecule has 2 rings (SSSR count). The number of nitrogens with one attached hydrogen (secondary N) is 1. The molecule has 27 heavy (non-hydrogen) atoms. The molecule has 3 amide bonds. The fourth-order valence-electron chi connectivity index (χ4n) is 2.82. The molecule has 0 radical (unpaired) electrons. The monoisotopic (exact) mass is 374 g/mol. The van der Waals surface area contributed by atoms with Crippen molar-refractivity contribution in [2.45, 2.75) is 46.7 Å². The first kappa shape index (κ1) is 20.6. The van der Waals surface area contributed by atoms with Crippen molar-refractivity contribution in [3.8, 4) is 0 Å². The van der Waals surface area contributed by atoms with Gasteiger partial charge in [0.25, 0.3) is 17.7 Å². The number of carbonyl (C=O) groups is 4. The van der Waals surface area contributed by atoms with Crippen LogP contribution in [-0.2, 0) is 14.3 Å². The second-order valence-corrected chi connectivity index (χ2v) is 7.42. The molecule has 0 saturated carbocycles. The Kier molecular flexibility index (Phi) is 6.36. The predicted molar refractivity (Wildman–Crippen MR) is 99.0 cm³/mol. The van der Waals surface area contributed by atoms with Crippen LogP contribution in [-0.4, -0.2) is 47.3 Å². The number of hydrogen-bond donors (Lipinski definition) is 1. The Labute approximate surface area is 159 Å². The summed E-state index contributed by atoms with van der Waals surface area (Å²) >= 11 is 0. The highest BCUT2D eigenvalue weighted by Gasteiger charge is 2.44. The Morgan fingerprint density at radius 2 is 1.48 bits per heavy atom. The molecule has 0 spiro atoms. The van der Waals surface area contributed by atoms with E-state index in [1.165, 1.54) is 0 Å². The van der Waals surface area contributed by atoms with E-state index in [-0.39, 0.29) is 29.0 Å². The molecule has 1 heterocycles. The standard InChI is InChI=1S/C20H26N2O5/c1-11(2)13(5)21-16(23)10-27-20(26)17(12(3)4)22-18(24)14-8-6-7-9-15(14)19(22)25/h6-9,11-13,17H,10H2,1-5H3,(H,21,23)/t13-,17-/m0/s1. The van der Waals surface area contributed by atoms with E-state index >= 15 is 0 Å². The zero-order chi connectivity index (χ0) is 20.3. The van der Waals surface area contributed by atoms with E-state index < -0.39 is 36.3 Å². The predicted octanol–water partition coefficient (Wildman–Crippen LogP) is 2.01. The van der Waals surface area contributed by atoms with Crippen molar-refractivity contribution < 1.29 is 23.9 Å². The van der Waals surface area contributed by atoms with E-state index in [1.54, 1.807) is 38.1 Å². The van der Waals surface area contributed by atoms with Crippen LogP contribution in [0.15, 0.2) is 24.3 Å². The average Bonchev–Trinajstić information content (AvgIpc) is 2.85. The highest BCUT2D eigenvalue weighted by molar-refractivity contribution is 6.22. The number of amides is 3. The van der Waals surface area contributed by atoms with Crippen LogP contribution in [0, 0.1) is 11.8 Å². The van der Waals surface area contributed by atoms with E-state index in [2.05, 4.69) is 5.32 Å². The molecule has 1 aliphatic rings. The summed E-state index contributed by atoms with van der Waals surface area (Å²) in [6, 6.07) is 5.28. The van der Waals surface area contributed by atoms with Gasteiger partial charge < -0.3 is 10.1 Å². The van der Waals surface area contributed by atoms with Gasteiger partial charge in [-0.05, 0) is 30.9 Å². The lowest BCUT2D eigenvalue weighted by atomic mass is 10.0. The number of esters is 1. The molecule has 1 aliphatic heterocycles. The van der Waals surface area contributed by atoms with Gasteiger partial charge in [0.05, 0.1) is 11.1 Å². The van der Waals surface area contributed by atoms with Gasteiger partial charge in [-0.3, -0.25) is 19.3 Å².